The lowest BCUT2D eigenvalue weighted by Gasteiger charge is -2.32. The van der Waals surface area contributed by atoms with E-state index in [1.807, 2.05) is 6.07 Å². The predicted octanol–water partition coefficient (Wildman–Crippen LogP) is 15.3. The molecule has 2 aliphatic carbocycles. The molecule has 11 aromatic carbocycles. The van der Waals surface area contributed by atoms with Crippen LogP contribution in [0, 0.1) is 0 Å². The molecule has 1 nitrogen and oxygen atoms in total. The third kappa shape index (κ3) is 3.77. The molecule has 0 amide bonds. The fraction of sp³-hybridized carbons (Fsp3) is 0.0175. The molecule has 58 heavy (non-hydrogen) atoms. The van der Waals surface area contributed by atoms with Crippen molar-refractivity contribution in [1.29, 1.82) is 0 Å². The van der Waals surface area contributed by atoms with Crippen LogP contribution in [0.1, 0.15) is 22.3 Å². The van der Waals surface area contributed by atoms with Gasteiger partial charge in [-0.3, -0.25) is 0 Å². The third-order valence-corrected chi connectivity index (χ3v) is 13.6. The highest BCUT2D eigenvalue weighted by Crippen LogP contribution is 2.65. The van der Waals surface area contributed by atoms with E-state index in [0.29, 0.717) is 0 Å². The largest absolute Gasteiger partial charge is 0.456 e. The first-order valence-corrected chi connectivity index (χ1v) is 20.2. The van der Waals surface area contributed by atoms with Gasteiger partial charge in [0.25, 0.3) is 0 Å². The summed E-state index contributed by atoms with van der Waals surface area (Å²) in [6.07, 6.45) is 0. The number of fused-ring (bicyclic) bond motifs is 15. The Morgan fingerprint density at radius 3 is 1.62 bits per heavy atom. The maximum Gasteiger partial charge on any atom is 0.136 e. The molecule has 12 aromatic rings. The molecular formula is C57H32O. The summed E-state index contributed by atoms with van der Waals surface area (Å²) >= 11 is 0. The summed E-state index contributed by atoms with van der Waals surface area (Å²) in [4.78, 5) is 0. The Kier molecular flexibility index (Phi) is 5.76. The molecule has 0 fully saturated rings. The van der Waals surface area contributed by atoms with Crippen molar-refractivity contribution >= 4 is 65.0 Å². The molecule has 266 valence electrons. The Hall–Kier alpha value is -7.48. The lowest BCUT2D eigenvalue weighted by molar-refractivity contribution is 0.669. The summed E-state index contributed by atoms with van der Waals surface area (Å²) in [5.74, 6) is 0. The summed E-state index contributed by atoms with van der Waals surface area (Å²) in [6, 6.07) is 72.8. The van der Waals surface area contributed by atoms with Crippen LogP contribution in [0.25, 0.3) is 110 Å². The summed E-state index contributed by atoms with van der Waals surface area (Å²) in [5.41, 5.74) is 16.8. The van der Waals surface area contributed by atoms with Crippen LogP contribution in [0.15, 0.2) is 199 Å². The maximum absolute atomic E-state index is 6.51. The van der Waals surface area contributed by atoms with Gasteiger partial charge in [0.05, 0.1) is 5.41 Å². The van der Waals surface area contributed by atoms with E-state index in [2.05, 4.69) is 188 Å². The number of benzene rings is 11. The first-order valence-electron chi connectivity index (χ1n) is 20.2. The van der Waals surface area contributed by atoms with E-state index in [1.54, 1.807) is 0 Å². The van der Waals surface area contributed by atoms with Crippen molar-refractivity contribution in [3.8, 4) is 44.5 Å². The van der Waals surface area contributed by atoms with Gasteiger partial charge in [0.15, 0.2) is 0 Å². The lowest BCUT2D eigenvalue weighted by Crippen LogP contribution is -2.26. The van der Waals surface area contributed by atoms with Crippen molar-refractivity contribution in [3.63, 3.8) is 0 Å². The SMILES string of the molecule is c1ccc2c(c1)-c1ccccc1C21c2ccccc2-c2c(-c3ccc4c(c3)oc3ccccc34)cc3ccc(-c4cc5ccc6cccc7ccc(c4)c5c67)cc3c21. The van der Waals surface area contributed by atoms with E-state index in [-0.39, 0.29) is 0 Å². The fourth-order valence-electron chi connectivity index (χ4n) is 11.2. The van der Waals surface area contributed by atoms with Crippen LogP contribution in [-0.4, -0.2) is 0 Å². The lowest BCUT2D eigenvalue weighted by atomic mass is 9.69. The first kappa shape index (κ1) is 30.7. The van der Waals surface area contributed by atoms with Gasteiger partial charge in [-0.05, 0) is 152 Å². The molecule has 1 spiro atoms. The standard InChI is InChI=1S/C57H32O/c1-5-16-48-41(12-1)42-13-2-6-17-49(42)57(48)50-18-7-3-15-45(50)55-46(37-26-27-44-43-14-4-8-19-51(43)58-52(44)32-37)31-36-23-22-35(30-47(36)56(55)57)40-28-38-24-20-33-10-9-11-34-21-25-39(29-40)54(38)53(33)34/h1-32H. The van der Waals surface area contributed by atoms with E-state index in [1.165, 1.54) is 104 Å². The van der Waals surface area contributed by atoms with Crippen molar-refractivity contribution in [2.24, 2.45) is 0 Å². The topological polar surface area (TPSA) is 13.1 Å². The molecule has 0 atom stereocenters. The molecule has 2 aliphatic rings. The van der Waals surface area contributed by atoms with Gasteiger partial charge in [-0.1, -0.05) is 152 Å². The van der Waals surface area contributed by atoms with Crippen molar-refractivity contribution in [2.45, 2.75) is 5.41 Å². The molecule has 1 heteroatoms. The number of para-hydroxylation sites is 1. The van der Waals surface area contributed by atoms with Crippen LogP contribution in [-0.2, 0) is 5.41 Å². The Balaban J connectivity index is 1.11. The van der Waals surface area contributed by atoms with Crippen molar-refractivity contribution < 1.29 is 4.42 Å². The van der Waals surface area contributed by atoms with Crippen LogP contribution in [0.4, 0.5) is 0 Å². The number of hydrogen-bond donors (Lipinski definition) is 0. The third-order valence-electron chi connectivity index (χ3n) is 13.6. The highest BCUT2D eigenvalue weighted by Gasteiger charge is 2.53. The van der Waals surface area contributed by atoms with Crippen LogP contribution in [0.2, 0.25) is 0 Å². The summed E-state index contributed by atoms with van der Waals surface area (Å²) < 4.78 is 6.51. The Morgan fingerprint density at radius 1 is 0.310 bits per heavy atom. The van der Waals surface area contributed by atoms with Crippen molar-refractivity contribution in [1.82, 2.24) is 0 Å². The van der Waals surface area contributed by atoms with Crippen molar-refractivity contribution in [3.05, 3.63) is 216 Å². The Labute approximate surface area is 334 Å². The molecule has 1 aromatic heterocycles. The van der Waals surface area contributed by atoms with Gasteiger partial charge < -0.3 is 4.42 Å². The average Bonchev–Trinajstić information content (AvgIpc) is 3.92. The quantitative estimate of drug-likeness (QED) is 0.161. The molecule has 0 bridgehead atoms. The van der Waals surface area contributed by atoms with Gasteiger partial charge in [0.2, 0.25) is 0 Å². The summed E-state index contributed by atoms with van der Waals surface area (Å²) in [5, 5.41) is 12.7. The minimum Gasteiger partial charge on any atom is -0.456 e. The van der Waals surface area contributed by atoms with Gasteiger partial charge in [-0.15, -0.1) is 0 Å². The molecule has 0 N–H and O–H groups in total. The van der Waals surface area contributed by atoms with Gasteiger partial charge in [-0.2, -0.15) is 0 Å². The van der Waals surface area contributed by atoms with Gasteiger partial charge in [0.1, 0.15) is 11.2 Å². The average molecular weight is 733 g/mol. The number of furan rings is 1. The molecule has 0 saturated heterocycles. The van der Waals surface area contributed by atoms with Gasteiger partial charge in [0, 0.05) is 10.8 Å². The Bertz CT molecular complexity index is 3640. The number of hydrogen-bond acceptors (Lipinski definition) is 1. The molecular weight excluding hydrogens is 701 g/mol. The van der Waals surface area contributed by atoms with Crippen molar-refractivity contribution in [2.75, 3.05) is 0 Å². The van der Waals surface area contributed by atoms with Crippen LogP contribution >= 0.6 is 0 Å². The van der Waals surface area contributed by atoms with Crippen LogP contribution in [0.3, 0.4) is 0 Å². The van der Waals surface area contributed by atoms with E-state index in [4.69, 9.17) is 4.42 Å². The van der Waals surface area contributed by atoms with E-state index in [9.17, 15) is 0 Å². The van der Waals surface area contributed by atoms with Gasteiger partial charge in [-0.25, -0.2) is 0 Å². The summed E-state index contributed by atoms with van der Waals surface area (Å²) in [6.45, 7) is 0. The first-order chi connectivity index (χ1) is 28.7. The molecule has 14 rings (SSSR count). The van der Waals surface area contributed by atoms with E-state index < -0.39 is 5.41 Å². The molecule has 1 heterocycles. The molecule has 0 saturated carbocycles. The molecule has 0 unspecified atom stereocenters. The second kappa shape index (κ2) is 10.9. The van der Waals surface area contributed by atoms with Gasteiger partial charge >= 0.3 is 0 Å². The molecule has 0 radical (unpaired) electrons. The smallest absolute Gasteiger partial charge is 0.136 e. The second-order valence-corrected chi connectivity index (χ2v) is 16.3. The zero-order valence-electron chi connectivity index (χ0n) is 31.4. The van der Waals surface area contributed by atoms with Crippen LogP contribution in [0.5, 0.6) is 0 Å². The van der Waals surface area contributed by atoms with E-state index in [0.717, 1.165) is 27.5 Å². The minimum absolute atomic E-state index is 0.497. The zero-order chi connectivity index (χ0) is 37.7. The summed E-state index contributed by atoms with van der Waals surface area (Å²) in [7, 11) is 0. The van der Waals surface area contributed by atoms with E-state index >= 15 is 0 Å². The fourth-order valence-corrected chi connectivity index (χ4v) is 11.2. The second-order valence-electron chi connectivity index (χ2n) is 16.3. The highest BCUT2D eigenvalue weighted by molar-refractivity contribution is 6.24. The maximum atomic E-state index is 6.51. The minimum atomic E-state index is -0.497. The monoisotopic (exact) mass is 732 g/mol. The number of rotatable bonds is 2. The van der Waals surface area contributed by atoms with Crippen LogP contribution < -0.4 is 0 Å². The highest BCUT2D eigenvalue weighted by atomic mass is 16.3. The molecule has 0 aliphatic heterocycles. The predicted molar refractivity (Wildman–Crippen MR) is 242 cm³/mol. The zero-order valence-corrected chi connectivity index (χ0v) is 31.4. The Morgan fingerprint density at radius 2 is 0.879 bits per heavy atom. The normalized spacial score (nSPS) is 13.7.